The van der Waals surface area contributed by atoms with E-state index in [-0.39, 0.29) is 28.0 Å². The van der Waals surface area contributed by atoms with Crippen LogP contribution in [0.3, 0.4) is 0 Å². The molecule has 0 saturated carbocycles. The molecule has 0 N–H and O–H groups in total. The molecular formula is C23H27ClN2O5S. The number of sulfonamides is 1. The van der Waals surface area contributed by atoms with Crippen LogP contribution in [0.4, 0.5) is 0 Å². The molecule has 9 heteroatoms. The van der Waals surface area contributed by atoms with E-state index in [0.29, 0.717) is 19.0 Å². The summed E-state index contributed by atoms with van der Waals surface area (Å²) in [5.41, 5.74) is 1.31. The van der Waals surface area contributed by atoms with E-state index in [1.165, 1.54) is 37.9 Å². The van der Waals surface area contributed by atoms with Crippen molar-refractivity contribution in [1.29, 1.82) is 0 Å². The monoisotopic (exact) mass is 478 g/mol. The smallest absolute Gasteiger partial charge is 0.338 e. The molecular weight excluding hydrogens is 452 g/mol. The first-order valence-electron chi connectivity index (χ1n) is 10.4. The maximum absolute atomic E-state index is 12.5. The van der Waals surface area contributed by atoms with Crippen molar-refractivity contribution in [3.05, 3.63) is 64.7 Å². The van der Waals surface area contributed by atoms with Crippen LogP contribution in [0.5, 0.6) is 0 Å². The van der Waals surface area contributed by atoms with Crippen LogP contribution in [-0.4, -0.2) is 63.3 Å². The maximum atomic E-state index is 12.5. The molecule has 1 aliphatic heterocycles. The van der Waals surface area contributed by atoms with E-state index in [2.05, 4.69) is 12.1 Å². The van der Waals surface area contributed by atoms with Crippen molar-refractivity contribution >= 4 is 33.5 Å². The molecule has 172 valence electrons. The summed E-state index contributed by atoms with van der Waals surface area (Å²) in [5, 5.41) is 0.00435. The zero-order valence-corrected chi connectivity index (χ0v) is 19.7. The number of amides is 1. The molecule has 32 heavy (non-hydrogen) atoms. The highest BCUT2D eigenvalue weighted by Crippen LogP contribution is 2.25. The molecule has 0 atom stereocenters. The number of carbonyl (C=O) groups is 2. The van der Waals surface area contributed by atoms with Gasteiger partial charge in [-0.25, -0.2) is 17.5 Å². The highest BCUT2D eigenvalue weighted by molar-refractivity contribution is 7.89. The Morgan fingerprint density at radius 2 is 1.75 bits per heavy atom. The fourth-order valence-corrected chi connectivity index (χ4v) is 5.05. The molecule has 0 aliphatic carbocycles. The molecule has 2 aromatic rings. The molecule has 1 saturated heterocycles. The van der Waals surface area contributed by atoms with Gasteiger partial charge in [-0.3, -0.25) is 4.79 Å². The van der Waals surface area contributed by atoms with Crippen LogP contribution in [0.15, 0.2) is 53.4 Å². The quantitative estimate of drug-likeness (QED) is 0.570. The molecule has 3 rings (SSSR count). The summed E-state index contributed by atoms with van der Waals surface area (Å²) in [7, 11) is -1.07. The van der Waals surface area contributed by atoms with Crippen LogP contribution in [0.25, 0.3) is 0 Å². The van der Waals surface area contributed by atoms with Crippen LogP contribution < -0.4 is 0 Å². The van der Waals surface area contributed by atoms with Gasteiger partial charge in [0.1, 0.15) is 4.90 Å². The average Bonchev–Trinajstić information content (AvgIpc) is 2.78. The predicted molar refractivity (Wildman–Crippen MR) is 122 cm³/mol. The number of hydrogen-bond donors (Lipinski definition) is 0. The molecule has 1 amide bonds. The molecule has 0 unspecified atom stereocenters. The van der Waals surface area contributed by atoms with Gasteiger partial charge in [0, 0.05) is 27.2 Å². The van der Waals surface area contributed by atoms with E-state index in [1.54, 1.807) is 4.90 Å². The van der Waals surface area contributed by atoms with Gasteiger partial charge in [-0.05, 0) is 48.9 Å². The molecule has 0 bridgehead atoms. The average molecular weight is 479 g/mol. The molecule has 1 fully saturated rings. The number of ether oxygens (including phenoxy) is 1. The molecule has 0 radical (unpaired) electrons. The second-order valence-electron chi connectivity index (χ2n) is 8.02. The summed E-state index contributed by atoms with van der Waals surface area (Å²) in [5.74, 6) is -0.508. The van der Waals surface area contributed by atoms with Crippen molar-refractivity contribution in [2.45, 2.75) is 24.2 Å². The number of piperidine rings is 1. The SMILES string of the molecule is CN(C)S(=O)(=O)c1cc(C(=O)OCC(=O)N2CCC(Cc3ccccc3)CC2)ccc1Cl. The van der Waals surface area contributed by atoms with Crippen molar-refractivity contribution in [3.63, 3.8) is 0 Å². The molecule has 0 aromatic heterocycles. The van der Waals surface area contributed by atoms with E-state index in [9.17, 15) is 18.0 Å². The van der Waals surface area contributed by atoms with Gasteiger partial charge in [-0.1, -0.05) is 41.9 Å². The van der Waals surface area contributed by atoms with Gasteiger partial charge in [0.25, 0.3) is 5.91 Å². The Balaban J connectivity index is 1.53. The number of halogens is 1. The second kappa shape index (κ2) is 10.5. The van der Waals surface area contributed by atoms with Crippen molar-refractivity contribution in [1.82, 2.24) is 9.21 Å². The zero-order valence-electron chi connectivity index (χ0n) is 18.2. The maximum Gasteiger partial charge on any atom is 0.338 e. The molecule has 1 aliphatic rings. The summed E-state index contributed by atoms with van der Waals surface area (Å²) < 4.78 is 30.9. The van der Waals surface area contributed by atoms with Crippen molar-refractivity contribution in [2.75, 3.05) is 33.8 Å². The zero-order chi connectivity index (χ0) is 23.3. The fraction of sp³-hybridized carbons (Fsp3) is 0.391. The highest BCUT2D eigenvalue weighted by Gasteiger charge is 2.25. The first kappa shape index (κ1) is 24.2. The third kappa shape index (κ3) is 5.88. The predicted octanol–water partition coefficient (Wildman–Crippen LogP) is 3.23. The van der Waals surface area contributed by atoms with Gasteiger partial charge in [0.2, 0.25) is 10.0 Å². The number of esters is 1. The Labute approximate surface area is 194 Å². The van der Waals surface area contributed by atoms with Crippen molar-refractivity contribution in [2.24, 2.45) is 5.92 Å². The number of hydrogen-bond acceptors (Lipinski definition) is 5. The highest BCUT2D eigenvalue weighted by atomic mass is 35.5. The van der Waals surface area contributed by atoms with Crippen molar-refractivity contribution < 1.29 is 22.7 Å². The van der Waals surface area contributed by atoms with E-state index >= 15 is 0 Å². The van der Waals surface area contributed by atoms with Crippen molar-refractivity contribution in [3.8, 4) is 0 Å². The minimum atomic E-state index is -3.82. The van der Waals surface area contributed by atoms with E-state index in [1.807, 2.05) is 18.2 Å². The summed E-state index contributed by atoms with van der Waals surface area (Å²) >= 11 is 6.00. The van der Waals surface area contributed by atoms with E-state index < -0.39 is 16.0 Å². The molecule has 1 heterocycles. The summed E-state index contributed by atoms with van der Waals surface area (Å²) in [6.07, 6.45) is 2.79. The molecule has 0 spiro atoms. The third-order valence-corrected chi connectivity index (χ3v) is 7.88. The summed E-state index contributed by atoms with van der Waals surface area (Å²) in [4.78, 5) is 26.4. The lowest BCUT2D eigenvalue weighted by molar-refractivity contribution is -0.135. The second-order valence-corrected chi connectivity index (χ2v) is 10.6. The lowest BCUT2D eigenvalue weighted by Gasteiger charge is -2.32. The minimum Gasteiger partial charge on any atom is -0.452 e. The Morgan fingerprint density at radius 3 is 2.38 bits per heavy atom. The number of rotatable bonds is 7. The lowest BCUT2D eigenvalue weighted by Crippen LogP contribution is -2.41. The number of carbonyl (C=O) groups excluding carboxylic acids is 2. The Bertz CT molecular complexity index is 1070. The fourth-order valence-electron chi connectivity index (χ4n) is 3.66. The normalized spacial score (nSPS) is 15.1. The van der Waals surface area contributed by atoms with Gasteiger partial charge in [-0.2, -0.15) is 0 Å². The van der Waals surface area contributed by atoms with Crippen LogP contribution in [0, 0.1) is 5.92 Å². The van der Waals surface area contributed by atoms with Crippen LogP contribution in [0.1, 0.15) is 28.8 Å². The van der Waals surface area contributed by atoms with Gasteiger partial charge in [0.05, 0.1) is 10.6 Å². The van der Waals surface area contributed by atoms with E-state index in [4.69, 9.17) is 16.3 Å². The Hall–Kier alpha value is -2.42. The first-order chi connectivity index (χ1) is 15.2. The molecule has 2 aromatic carbocycles. The molecule has 7 nitrogen and oxygen atoms in total. The van der Waals surface area contributed by atoms with Gasteiger partial charge in [-0.15, -0.1) is 0 Å². The minimum absolute atomic E-state index is 0.00435. The summed E-state index contributed by atoms with van der Waals surface area (Å²) in [6.45, 7) is 0.862. The number of nitrogens with zero attached hydrogens (tertiary/aromatic N) is 2. The Morgan fingerprint density at radius 1 is 1.09 bits per heavy atom. The third-order valence-electron chi connectivity index (χ3n) is 5.59. The van der Waals surface area contributed by atoms with Gasteiger partial charge in [0.15, 0.2) is 6.61 Å². The first-order valence-corrected chi connectivity index (χ1v) is 12.2. The topological polar surface area (TPSA) is 84.0 Å². The van der Waals surface area contributed by atoms with Crippen LogP contribution in [-0.2, 0) is 26.0 Å². The standard InChI is InChI=1S/C23H27ClN2O5S/c1-25(2)32(29,30)21-15-19(8-9-20(21)24)23(28)31-16-22(27)26-12-10-18(11-13-26)14-17-6-4-3-5-7-17/h3-9,15,18H,10-14,16H2,1-2H3. The number of benzene rings is 2. The van der Waals surface area contributed by atoms with Gasteiger partial charge >= 0.3 is 5.97 Å². The summed E-state index contributed by atoms with van der Waals surface area (Å²) in [6, 6.07) is 14.2. The van der Waals surface area contributed by atoms with E-state index in [0.717, 1.165) is 23.6 Å². The van der Waals surface area contributed by atoms with Crippen LogP contribution >= 0.6 is 11.6 Å². The Kier molecular flexibility index (Phi) is 7.92. The lowest BCUT2D eigenvalue weighted by atomic mass is 9.90. The van der Waals surface area contributed by atoms with Crippen LogP contribution in [0.2, 0.25) is 5.02 Å². The van der Waals surface area contributed by atoms with Gasteiger partial charge < -0.3 is 9.64 Å². The largest absolute Gasteiger partial charge is 0.452 e. The number of likely N-dealkylation sites (tertiary alicyclic amines) is 1.